The predicted octanol–water partition coefficient (Wildman–Crippen LogP) is 3.86. The van der Waals surface area contributed by atoms with Gasteiger partial charge in [0.15, 0.2) is 5.78 Å². The van der Waals surface area contributed by atoms with Crippen LogP contribution in [0.3, 0.4) is 0 Å². The van der Waals surface area contributed by atoms with Crippen LogP contribution in [-0.2, 0) is 20.7 Å². The number of nitrogens with zero attached hydrogens (tertiary/aromatic N) is 4. The maximum Gasteiger partial charge on any atom is 0.338 e. The molecular weight excluding hydrogens is 432 g/mol. The monoisotopic (exact) mass is 456 g/mol. The number of aromatic nitrogens is 2. The number of anilines is 1. The molecule has 0 N–H and O–H groups in total. The van der Waals surface area contributed by atoms with Crippen LogP contribution in [0.1, 0.15) is 36.7 Å². The van der Waals surface area contributed by atoms with E-state index in [2.05, 4.69) is 15.1 Å². The Kier molecular flexibility index (Phi) is 6.58. The Balaban J connectivity index is 1.51. The largest absolute Gasteiger partial charge is 0.459 e. The summed E-state index contributed by atoms with van der Waals surface area (Å²) in [5, 5.41) is 5.50. The molecular formula is C26H24N4O4. The first kappa shape index (κ1) is 23.0. The molecule has 1 unspecified atom stereocenters. The van der Waals surface area contributed by atoms with Crippen molar-refractivity contribution in [1.29, 1.82) is 0 Å². The lowest BCUT2D eigenvalue weighted by Crippen LogP contribution is -2.33. The van der Waals surface area contributed by atoms with Gasteiger partial charge in [0.1, 0.15) is 5.92 Å². The lowest BCUT2D eigenvalue weighted by atomic mass is 9.93. The van der Waals surface area contributed by atoms with Crippen LogP contribution < -0.4 is 5.01 Å². The Hall–Kier alpha value is -4.20. The maximum atomic E-state index is 13.2. The molecule has 1 atom stereocenters. The number of ether oxygens (including phenoxy) is 1. The van der Waals surface area contributed by atoms with Crippen molar-refractivity contribution >= 4 is 29.1 Å². The van der Waals surface area contributed by atoms with E-state index in [0.717, 1.165) is 11.1 Å². The first-order chi connectivity index (χ1) is 16.3. The van der Waals surface area contributed by atoms with E-state index in [-0.39, 0.29) is 18.3 Å². The highest BCUT2D eigenvalue weighted by molar-refractivity contribution is 6.27. The molecule has 0 saturated heterocycles. The van der Waals surface area contributed by atoms with E-state index in [1.54, 1.807) is 57.6 Å². The van der Waals surface area contributed by atoms with Gasteiger partial charge in [0.25, 0.3) is 5.91 Å². The zero-order chi connectivity index (χ0) is 24.2. The van der Waals surface area contributed by atoms with Gasteiger partial charge in [-0.25, -0.2) is 4.79 Å². The summed E-state index contributed by atoms with van der Waals surface area (Å²) in [6.07, 6.45) is 4.67. The first-order valence-electron chi connectivity index (χ1n) is 10.9. The molecule has 0 bridgehead atoms. The van der Waals surface area contributed by atoms with Crippen molar-refractivity contribution in [2.45, 2.75) is 33.3 Å². The van der Waals surface area contributed by atoms with Crippen molar-refractivity contribution in [3.8, 4) is 11.3 Å². The van der Waals surface area contributed by atoms with Crippen LogP contribution in [0.2, 0.25) is 0 Å². The zero-order valence-electron chi connectivity index (χ0n) is 19.1. The standard InChI is InChI=1S/C26H24N4O4/c1-16(2)34-26(33)20-8-5-9-21(14-20)30-25(32)24(17(3)29-30)23(31)13-18-6-4-7-19(12-18)22-15-27-10-11-28-22/h4-12,14-16,24H,13H2,1-3H3. The number of Topliss-reactive ketones (excluding diaryl/α,β-unsaturated/α-hetero) is 1. The van der Waals surface area contributed by atoms with Gasteiger partial charge in [-0.2, -0.15) is 10.1 Å². The number of amides is 1. The van der Waals surface area contributed by atoms with Gasteiger partial charge in [-0.05, 0) is 50.6 Å². The number of benzene rings is 2. The van der Waals surface area contributed by atoms with Crippen LogP contribution in [-0.4, -0.2) is 39.4 Å². The summed E-state index contributed by atoms with van der Waals surface area (Å²) in [7, 11) is 0. The fourth-order valence-corrected chi connectivity index (χ4v) is 3.76. The number of hydrogen-bond acceptors (Lipinski definition) is 7. The lowest BCUT2D eigenvalue weighted by Gasteiger charge is -2.15. The smallest absolute Gasteiger partial charge is 0.338 e. The second kappa shape index (κ2) is 9.74. The predicted molar refractivity (Wildman–Crippen MR) is 127 cm³/mol. The summed E-state index contributed by atoms with van der Waals surface area (Å²) in [6, 6.07) is 13.9. The molecule has 0 spiro atoms. The maximum absolute atomic E-state index is 13.2. The van der Waals surface area contributed by atoms with Gasteiger partial charge in [0, 0.05) is 24.4 Å². The molecule has 4 rings (SSSR count). The summed E-state index contributed by atoms with van der Waals surface area (Å²) >= 11 is 0. The number of carbonyl (C=O) groups is 3. The van der Waals surface area contributed by atoms with Crippen molar-refractivity contribution in [3.63, 3.8) is 0 Å². The van der Waals surface area contributed by atoms with Gasteiger partial charge in [-0.1, -0.05) is 24.3 Å². The van der Waals surface area contributed by atoms with Crippen molar-refractivity contribution in [3.05, 3.63) is 78.2 Å². The molecule has 8 nitrogen and oxygen atoms in total. The normalized spacial score (nSPS) is 15.4. The van der Waals surface area contributed by atoms with E-state index in [4.69, 9.17) is 4.74 Å². The number of hydrazone groups is 1. The zero-order valence-corrected chi connectivity index (χ0v) is 19.1. The quantitative estimate of drug-likeness (QED) is 0.395. The van der Waals surface area contributed by atoms with E-state index in [1.165, 1.54) is 11.1 Å². The topological polar surface area (TPSA) is 102 Å². The van der Waals surface area contributed by atoms with Crippen LogP contribution in [0.5, 0.6) is 0 Å². The van der Waals surface area contributed by atoms with Crippen molar-refractivity contribution in [2.75, 3.05) is 5.01 Å². The summed E-state index contributed by atoms with van der Waals surface area (Å²) in [5.74, 6) is -2.16. The molecule has 1 aromatic heterocycles. The van der Waals surface area contributed by atoms with E-state index in [1.807, 2.05) is 24.3 Å². The fraction of sp³-hybridized carbons (Fsp3) is 0.231. The molecule has 1 aliphatic heterocycles. The second-order valence-corrected chi connectivity index (χ2v) is 8.26. The Labute approximate surface area is 197 Å². The van der Waals surface area contributed by atoms with Crippen LogP contribution in [0.15, 0.2) is 72.2 Å². The third kappa shape index (κ3) is 4.91. The minimum absolute atomic E-state index is 0.0754. The SMILES string of the molecule is CC1=NN(c2cccc(C(=O)OC(C)C)c2)C(=O)C1C(=O)Cc1cccc(-c2cnccn2)c1. The van der Waals surface area contributed by atoms with Gasteiger partial charge >= 0.3 is 5.97 Å². The van der Waals surface area contributed by atoms with Crippen molar-refractivity contribution in [2.24, 2.45) is 11.0 Å². The number of hydrogen-bond donors (Lipinski definition) is 0. The third-order valence-corrected chi connectivity index (χ3v) is 5.29. The molecule has 0 fully saturated rings. The molecule has 2 aromatic carbocycles. The molecule has 3 aromatic rings. The van der Waals surface area contributed by atoms with Gasteiger partial charge in [0.2, 0.25) is 0 Å². The average molecular weight is 457 g/mol. The molecule has 34 heavy (non-hydrogen) atoms. The van der Waals surface area contributed by atoms with Crippen LogP contribution >= 0.6 is 0 Å². The molecule has 1 amide bonds. The summed E-state index contributed by atoms with van der Waals surface area (Å²) in [5.41, 5.74) is 3.44. The van der Waals surface area contributed by atoms with E-state index in [9.17, 15) is 14.4 Å². The van der Waals surface area contributed by atoms with Crippen LogP contribution in [0.25, 0.3) is 11.3 Å². The van der Waals surface area contributed by atoms with Gasteiger partial charge < -0.3 is 4.74 Å². The van der Waals surface area contributed by atoms with E-state index in [0.29, 0.717) is 22.7 Å². The van der Waals surface area contributed by atoms with Gasteiger partial charge in [-0.3, -0.25) is 19.6 Å². The fourth-order valence-electron chi connectivity index (χ4n) is 3.76. The first-order valence-corrected chi connectivity index (χ1v) is 10.9. The molecule has 172 valence electrons. The van der Waals surface area contributed by atoms with Gasteiger partial charge in [-0.15, -0.1) is 0 Å². The second-order valence-electron chi connectivity index (χ2n) is 8.26. The molecule has 0 radical (unpaired) electrons. The van der Waals surface area contributed by atoms with Gasteiger partial charge in [0.05, 0.1) is 35.0 Å². The highest BCUT2D eigenvalue weighted by atomic mass is 16.5. The molecule has 8 heteroatoms. The molecule has 1 aliphatic rings. The Morgan fingerprint density at radius 1 is 1.09 bits per heavy atom. The molecule has 0 saturated carbocycles. The van der Waals surface area contributed by atoms with E-state index >= 15 is 0 Å². The summed E-state index contributed by atoms with van der Waals surface area (Å²) in [6.45, 7) is 5.18. The van der Waals surface area contributed by atoms with Crippen molar-refractivity contribution in [1.82, 2.24) is 9.97 Å². The van der Waals surface area contributed by atoms with E-state index < -0.39 is 17.8 Å². The number of ketones is 1. The van der Waals surface area contributed by atoms with Crippen LogP contribution in [0.4, 0.5) is 5.69 Å². The molecule has 2 heterocycles. The number of esters is 1. The Morgan fingerprint density at radius 2 is 1.88 bits per heavy atom. The summed E-state index contributed by atoms with van der Waals surface area (Å²) in [4.78, 5) is 46.9. The Bertz CT molecular complexity index is 1270. The number of carbonyl (C=O) groups excluding carboxylic acids is 3. The minimum Gasteiger partial charge on any atom is -0.459 e. The molecule has 0 aliphatic carbocycles. The van der Waals surface area contributed by atoms with Crippen LogP contribution in [0, 0.1) is 5.92 Å². The highest BCUT2D eigenvalue weighted by Gasteiger charge is 2.39. The Morgan fingerprint density at radius 3 is 2.62 bits per heavy atom. The average Bonchev–Trinajstić information content (AvgIpc) is 3.13. The number of rotatable bonds is 7. The highest BCUT2D eigenvalue weighted by Crippen LogP contribution is 2.27. The summed E-state index contributed by atoms with van der Waals surface area (Å²) < 4.78 is 5.23. The minimum atomic E-state index is -0.980. The van der Waals surface area contributed by atoms with Crippen molar-refractivity contribution < 1.29 is 19.1 Å². The lowest BCUT2D eigenvalue weighted by molar-refractivity contribution is -0.128. The third-order valence-electron chi connectivity index (χ3n) is 5.29.